The van der Waals surface area contributed by atoms with E-state index in [9.17, 15) is 13.2 Å². The summed E-state index contributed by atoms with van der Waals surface area (Å²) < 4.78 is 25.9. The number of nitrogens with zero attached hydrogens (tertiary/aromatic N) is 2. The Kier molecular flexibility index (Phi) is 7.46. The SMILES string of the molecule is CN(C)c1ccc(NC(=O)CCN(C2CCCCCC2)S(C)(=O)=O)cc1. The molecular formula is C19H31N3O3S. The van der Waals surface area contributed by atoms with E-state index in [-0.39, 0.29) is 24.9 Å². The second-order valence-electron chi connectivity index (χ2n) is 7.26. The number of carbonyl (C=O) groups is 1. The summed E-state index contributed by atoms with van der Waals surface area (Å²) in [6.45, 7) is 0.241. The van der Waals surface area contributed by atoms with Gasteiger partial charge in [-0.1, -0.05) is 25.7 Å². The Balaban J connectivity index is 1.93. The van der Waals surface area contributed by atoms with E-state index in [1.807, 2.05) is 43.3 Å². The zero-order chi connectivity index (χ0) is 19.2. The van der Waals surface area contributed by atoms with Crippen molar-refractivity contribution in [2.75, 3.05) is 37.1 Å². The summed E-state index contributed by atoms with van der Waals surface area (Å²) in [7, 11) is 0.602. The smallest absolute Gasteiger partial charge is 0.225 e. The Bertz CT molecular complexity index is 678. The molecule has 0 aliphatic heterocycles. The van der Waals surface area contributed by atoms with Gasteiger partial charge in [0.15, 0.2) is 0 Å². The van der Waals surface area contributed by atoms with Crippen LogP contribution in [0.2, 0.25) is 0 Å². The maximum absolute atomic E-state index is 12.3. The summed E-state index contributed by atoms with van der Waals surface area (Å²) in [5, 5.41) is 2.85. The number of hydrogen-bond acceptors (Lipinski definition) is 4. The Morgan fingerprint density at radius 1 is 1.08 bits per heavy atom. The third-order valence-corrected chi connectivity index (χ3v) is 6.22. The fourth-order valence-corrected chi connectivity index (χ4v) is 4.62. The summed E-state index contributed by atoms with van der Waals surface area (Å²) >= 11 is 0. The van der Waals surface area contributed by atoms with Crippen molar-refractivity contribution >= 4 is 27.3 Å². The van der Waals surface area contributed by atoms with Crippen LogP contribution in [0.4, 0.5) is 11.4 Å². The number of nitrogens with one attached hydrogen (secondary N) is 1. The molecular weight excluding hydrogens is 350 g/mol. The topological polar surface area (TPSA) is 69.7 Å². The van der Waals surface area contributed by atoms with E-state index in [2.05, 4.69) is 5.32 Å². The molecule has 1 fully saturated rings. The van der Waals surface area contributed by atoms with Crippen molar-refractivity contribution in [2.24, 2.45) is 0 Å². The maximum Gasteiger partial charge on any atom is 0.225 e. The maximum atomic E-state index is 12.3. The van der Waals surface area contributed by atoms with E-state index in [1.165, 1.54) is 10.6 Å². The Morgan fingerprint density at radius 3 is 2.15 bits per heavy atom. The van der Waals surface area contributed by atoms with Gasteiger partial charge in [-0.15, -0.1) is 0 Å². The van der Waals surface area contributed by atoms with Crippen LogP contribution in [0.3, 0.4) is 0 Å². The highest BCUT2D eigenvalue weighted by Gasteiger charge is 2.27. The molecule has 26 heavy (non-hydrogen) atoms. The first-order chi connectivity index (χ1) is 12.3. The highest BCUT2D eigenvalue weighted by atomic mass is 32.2. The van der Waals surface area contributed by atoms with Gasteiger partial charge in [0.25, 0.3) is 0 Å². The highest BCUT2D eigenvalue weighted by molar-refractivity contribution is 7.88. The van der Waals surface area contributed by atoms with Crippen LogP contribution >= 0.6 is 0 Å². The van der Waals surface area contributed by atoms with E-state index >= 15 is 0 Å². The fourth-order valence-electron chi connectivity index (χ4n) is 3.44. The van der Waals surface area contributed by atoms with Gasteiger partial charge in [0, 0.05) is 44.5 Å². The molecule has 0 bridgehead atoms. The van der Waals surface area contributed by atoms with Crippen molar-refractivity contribution < 1.29 is 13.2 Å². The summed E-state index contributed by atoms with van der Waals surface area (Å²) in [6.07, 6.45) is 7.63. The first-order valence-corrected chi connectivity index (χ1v) is 11.2. The normalized spacial score (nSPS) is 16.3. The minimum Gasteiger partial charge on any atom is -0.378 e. The van der Waals surface area contributed by atoms with Gasteiger partial charge >= 0.3 is 0 Å². The molecule has 0 aromatic heterocycles. The minimum absolute atomic E-state index is 0.0275. The van der Waals surface area contributed by atoms with Gasteiger partial charge in [-0.25, -0.2) is 8.42 Å². The van der Waals surface area contributed by atoms with Gasteiger partial charge in [-0.05, 0) is 37.1 Å². The minimum atomic E-state index is -3.32. The molecule has 1 N–H and O–H groups in total. The molecule has 0 spiro atoms. The first kappa shape index (κ1) is 20.7. The molecule has 6 nitrogen and oxygen atoms in total. The second-order valence-corrected chi connectivity index (χ2v) is 9.19. The van der Waals surface area contributed by atoms with E-state index < -0.39 is 10.0 Å². The Morgan fingerprint density at radius 2 is 1.65 bits per heavy atom. The predicted molar refractivity (Wildman–Crippen MR) is 107 cm³/mol. The third-order valence-electron chi connectivity index (χ3n) is 4.88. The van der Waals surface area contributed by atoms with E-state index in [0.717, 1.165) is 49.9 Å². The van der Waals surface area contributed by atoms with Crippen LogP contribution < -0.4 is 10.2 Å². The molecule has 0 heterocycles. The average molecular weight is 382 g/mol. The summed E-state index contributed by atoms with van der Waals surface area (Å²) in [4.78, 5) is 14.3. The van der Waals surface area contributed by atoms with Crippen LogP contribution in [0.1, 0.15) is 44.9 Å². The van der Waals surface area contributed by atoms with Crippen LogP contribution in [-0.4, -0.2) is 51.6 Å². The fraction of sp³-hybridized carbons (Fsp3) is 0.632. The van der Waals surface area contributed by atoms with Crippen LogP contribution in [0.5, 0.6) is 0 Å². The average Bonchev–Trinajstić information content (AvgIpc) is 2.83. The quantitative estimate of drug-likeness (QED) is 0.737. The number of benzene rings is 1. The first-order valence-electron chi connectivity index (χ1n) is 9.31. The van der Waals surface area contributed by atoms with Gasteiger partial charge in [0.2, 0.25) is 15.9 Å². The molecule has 0 radical (unpaired) electrons. The standard InChI is InChI=1S/C19H31N3O3S/c1-21(2)17-12-10-16(11-13-17)20-19(23)14-15-22(26(3,24)25)18-8-6-4-5-7-9-18/h10-13,18H,4-9,14-15H2,1-3H3,(H,20,23). The molecule has 1 aromatic carbocycles. The lowest BCUT2D eigenvalue weighted by Crippen LogP contribution is -2.41. The van der Waals surface area contributed by atoms with Crippen molar-refractivity contribution in [3.05, 3.63) is 24.3 Å². The van der Waals surface area contributed by atoms with Crippen LogP contribution in [0.25, 0.3) is 0 Å². The molecule has 1 saturated carbocycles. The molecule has 1 aliphatic carbocycles. The summed E-state index contributed by atoms with van der Waals surface area (Å²) in [6, 6.07) is 7.60. The molecule has 0 saturated heterocycles. The number of rotatable bonds is 7. The number of hydrogen-bond donors (Lipinski definition) is 1. The van der Waals surface area contributed by atoms with Crippen molar-refractivity contribution in [1.29, 1.82) is 0 Å². The van der Waals surface area contributed by atoms with Crippen molar-refractivity contribution in [1.82, 2.24) is 4.31 Å². The van der Waals surface area contributed by atoms with Crippen molar-refractivity contribution in [2.45, 2.75) is 51.0 Å². The largest absolute Gasteiger partial charge is 0.378 e. The van der Waals surface area contributed by atoms with Crippen molar-refractivity contribution in [3.63, 3.8) is 0 Å². The highest BCUT2D eigenvalue weighted by Crippen LogP contribution is 2.24. The Labute approximate surface area is 157 Å². The monoisotopic (exact) mass is 381 g/mol. The summed E-state index contributed by atoms with van der Waals surface area (Å²) in [5.74, 6) is -0.162. The number of amides is 1. The molecule has 7 heteroatoms. The molecule has 0 atom stereocenters. The zero-order valence-electron chi connectivity index (χ0n) is 16.1. The van der Waals surface area contributed by atoms with Crippen LogP contribution in [0.15, 0.2) is 24.3 Å². The molecule has 0 unspecified atom stereocenters. The third kappa shape index (κ3) is 6.29. The number of carbonyl (C=O) groups excluding carboxylic acids is 1. The van der Waals surface area contributed by atoms with Gasteiger partial charge in [-0.2, -0.15) is 4.31 Å². The van der Waals surface area contributed by atoms with E-state index in [1.54, 1.807) is 0 Å². The lowest BCUT2D eigenvalue weighted by atomic mass is 10.1. The molecule has 1 amide bonds. The summed E-state index contributed by atoms with van der Waals surface area (Å²) in [5.41, 5.74) is 1.78. The molecule has 146 valence electrons. The molecule has 1 aliphatic rings. The van der Waals surface area contributed by atoms with Gasteiger partial charge in [0.1, 0.15) is 0 Å². The van der Waals surface area contributed by atoms with Crippen molar-refractivity contribution in [3.8, 4) is 0 Å². The van der Waals surface area contributed by atoms with E-state index in [4.69, 9.17) is 0 Å². The zero-order valence-corrected chi connectivity index (χ0v) is 16.9. The number of anilines is 2. The second kappa shape index (κ2) is 9.37. The molecule has 1 aromatic rings. The van der Waals surface area contributed by atoms with E-state index in [0.29, 0.717) is 0 Å². The molecule has 2 rings (SSSR count). The van der Waals surface area contributed by atoms with Crippen LogP contribution in [0, 0.1) is 0 Å². The Hall–Kier alpha value is -1.60. The van der Waals surface area contributed by atoms with Crippen LogP contribution in [-0.2, 0) is 14.8 Å². The van der Waals surface area contributed by atoms with Gasteiger partial charge < -0.3 is 10.2 Å². The lowest BCUT2D eigenvalue weighted by Gasteiger charge is -2.28. The van der Waals surface area contributed by atoms with Gasteiger partial charge in [-0.3, -0.25) is 4.79 Å². The number of sulfonamides is 1. The van der Waals surface area contributed by atoms with Gasteiger partial charge in [0.05, 0.1) is 6.26 Å². The lowest BCUT2D eigenvalue weighted by molar-refractivity contribution is -0.116. The predicted octanol–water partition coefficient (Wildman–Crippen LogP) is 3.07.